The monoisotopic (exact) mass is 289 g/mol. The van der Waals surface area contributed by atoms with Gasteiger partial charge in [-0.05, 0) is 35.9 Å². The van der Waals surface area contributed by atoms with Crippen molar-refractivity contribution in [2.24, 2.45) is 0 Å². The minimum absolute atomic E-state index is 0.745. The lowest BCUT2D eigenvalue weighted by Crippen LogP contribution is -1.98. The highest BCUT2D eigenvalue weighted by molar-refractivity contribution is 5.82. The van der Waals surface area contributed by atoms with Crippen LogP contribution in [0.1, 0.15) is 5.56 Å². The predicted molar refractivity (Wildman–Crippen MR) is 87.6 cm³/mol. The standard InChI is InChI=1S/C18H15N3O/c1-2-5-13(6-3-1)12-19-14-8-9-15-16(11-14)21-18(20-15)17-7-4-10-22-17/h1-11,19H,12H2,(H,20,21). The Kier molecular flexibility index (Phi) is 3.12. The van der Waals surface area contributed by atoms with E-state index in [1.165, 1.54) is 5.56 Å². The molecule has 0 fully saturated rings. The average Bonchev–Trinajstić information content (AvgIpc) is 3.22. The van der Waals surface area contributed by atoms with Gasteiger partial charge in [-0.15, -0.1) is 0 Å². The smallest absolute Gasteiger partial charge is 0.174 e. The van der Waals surface area contributed by atoms with Crippen LogP contribution in [0.3, 0.4) is 0 Å². The fraction of sp³-hybridized carbons (Fsp3) is 0.0556. The molecule has 0 saturated carbocycles. The molecule has 0 amide bonds. The highest BCUT2D eigenvalue weighted by atomic mass is 16.3. The molecule has 22 heavy (non-hydrogen) atoms. The minimum Gasteiger partial charge on any atom is -0.461 e. The molecular weight excluding hydrogens is 274 g/mol. The van der Waals surface area contributed by atoms with Crippen molar-refractivity contribution >= 4 is 16.7 Å². The van der Waals surface area contributed by atoms with E-state index in [4.69, 9.17) is 4.42 Å². The van der Waals surface area contributed by atoms with Gasteiger partial charge in [-0.25, -0.2) is 4.98 Å². The molecule has 0 radical (unpaired) electrons. The van der Waals surface area contributed by atoms with Gasteiger partial charge >= 0.3 is 0 Å². The summed E-state index contributed by atoms with van der Waals surface area (Å²) in [6, 6.07) is 20.2. The van der Waals surface area contributed by atoms with Crippen molar-refractivity contribution in [3.63, 3.8) is 0 Å². The van der Waals surface area contributed by atoms with Crippen LogP contribution in [0.2, 0.25) is 0 Å². The van der Waals surface area contributed by atoms with Crippen LogP contribution >= 0.6 is 0 Å². The van der Waals surface area contributed by atoms with Crippen LogP contribution in [0.15, 0.2) is 71.3 Å². The number of fused-ring (bicyclic) bond motifs is 1. The number of nitrogens with zero attached hydrogens (tertiary/aromatic N) is 1. The fourth-order valence-electron chi connectivity index (χ4n) is 2.45. The van der Waals surface area contributed by atoms with Crippen LogP contribution in [-0.4, -0.2) is 9.97 Å². The number of imidazole rings is 1. The molecule has 0 saturated heterocycles. The third-order valence-electron chi connectivity index (χ3n) is 3.58. The Balaban J connectivity index is 1.58. The topological polar surface area (TPSA) is 53.9 Å². The van der Waals surface area contributed by atoms with Crippen LogP contribution < -0.4 is 5.32 Å². The van der Waals surface area contributed by atoms with E-state index in [-0.39, 0.29) is 0 Å². The van der Waals surface area contributed by atoms with Crippen molar-refractivity contribution in [2.75, 3.05) is 5.32 Å². The lowest BCUT2D eigenvalue weighted by Gasteiger charge is -2.06. The van der Waals surface area contributed by atoms with E-state index in [0.29, 0.717) is 0 Å². The second-order valence-electron chi connectivity index (χ2n) is 5.13. The first-order valence-corrected chi connectivity index (χ1v) is 7.20. The van der Waals surface area contributed by atoms with Gasteiger partial charge < -0.3 is 14.7 Å². The molecule has 4 aromatic rings. The van der Waals surface area contributed by atoms with Gasteiger partial charge in [0.1, 0.15) is 0 Å². The van der Waals surface area contributed by atoms with Crippen molar-refractivity contribution in [2.45, 2.75) is 6.54 Å². The first kappa shape index (κ1) is 12.7. The van der Waals surface area contributed by atoms with Crippen LogP contribution in [-0.2, 0) is 6.54 Å². The number of aromatic nitrogens is 2. The van der Waals surface area contributed by atoms with Gasteiger partial charge in [-0.3, -0.25) is 0 Å². The fourth-order valence-corrected chi connectivity index (χ4v) is 2.45. The molecule has 2 aromatic carbocycles. The molecule has 108 valence electrons. The number of rotatable bonds is 4. The Hall–Kier alpha value is -3.01. The zero-order valence-electron chi connectivity index (χ0n) is 11.9. The summed E-state index contributed by atoms with van der Waals surface area (Å²) >= 11 is 0. The van der Waals surface area contributed by atoms with Gasteiger partial charge in [-0.1, -0.05) is 30.3 Å². The molecular formula is C18H15N3O. The second kappa shape index (κ2) is 5.41. The van der Waals surface area contributed by atoms with Crippen molar-refractivity contribution in [3.05, 3.63) is 72.5 Å². The van der Waals surface area contributed by atoms with Gasteiger partial charge in [0.15, 0.2) is 11.6 Å². The van der Waals surface area contributed by atoms with Gasteiger partial charge in [0.2, 0.25) is 0 Å². The molecule has 4 rings (SSSR count). The van der Waals surface area contributed by atoms with Crippen LogP contribution in [0.5, 0.6) is 0 Å². The molecule has 0 aliphatic carbocycles. The average molecular weight is 289 g/mol. The molecule has 4 heteroatoms. The third kappa shape index (κ3) is 2.46. The molecule has 0 spiro atoms. The SMILES string of the molecule is c1ccc(CNc2ccc3[nH]c(-c4ccco4)nc3c2)cc1. The summed E-state index contributed by atoms with van der Waals surface area (Å²) in [6.45, 7) is 0.793. The Morgan fingerprint density at radius 1 is 1.00 bits per heavy atom. The number of hydrogen-bond acceptors (Lipinski definition) is 3. The third-order valence-corrected chi connectivity index (χ3v) is 3.58. The largest absolute Gasteiger partial charge is 0.461 e. The summed E-state index contributed by atoms with van der Waals surface area (Å²) in [6.07, 6.45) is 1.65. The first-order chi connectivity index (χ1) is 10.9. The Bertz CT molecular complexity index is 879. The number of benzene rings is 2. The minimum atomic E-state index is 0.745. The summed E-state index contributed by atoms with van der Waals surface area (Å²) < 4.78 is 5.38. The van der Waals surface area contributed by atoms with Crippen LogP contribution in [0, 0.1) is 0 Å². The first-order valence-electron chi connectivity index (χ1n) is 7.20. The zero-order valence-corrected chi connectivity index (χ0v) is 11.9. The summed E-state index contributed by atoms with van der Waals surface area (Å²) in [5.41, 5.74) is 4.22. The van der Waals surface area contributed by atoms with Crippen LogP contribution in [0.4, 0.5) is 5.69 Å². The maximum absolute atomic E-state index is 5.38. The highest BCUT2D eigenvalue weighted by Gasteiger charge is 2.07. The van der Waals surface area contributed by atoms with Crippen molar-refractivity contribution in [3.8, 4) is 11.6 Å². The number of H-pyrrole nitrogens is 1. The van der Waals surface area contributed by atoms with Crippen molar-refractivity contribution < 1.29 is 4.42 Å². The van der Waals surface area contributed by atoms with E-state index in [9.17, 15) is 0 Å². The van der Waals surface area contributed by atoms with Gasteiger partial charge in [-0.2, -0.15) is 0 Å². The Morgan fingerprint density at radius 3 is 2.73 bits per heavy atom. The predicted octanol–water partition coefficient (Wildman–Crippen LogP) is 4.44. The molecule has 0 aliphatic rings. The van der Waals surface area contributed by atoms with Crippen LogP contribution in [0.25, 0.3) is 22.6 Å². The van der Waals surface area contributed by atoms with Crippen molar-refractivity contribution in [1.82, 2.24) is 9.97 Å². The summed E-state index contributed by atoms with van der Waals surface area (Å²) in [5, 5.41) is 3.42. The maximum atomic E-state index is 5.38. The van der Waals surface area contributed by atoms with Crippen molar-refractivity contribution in [1.29, 1.82) is 0 Å². The summed E-state index contributed by atoms with van der Waals surface area (Å²) in [5.74, 6) is 1.50. The highest BCUT2D eigenvalue weighted by Crippen LogP contribution is 2.23. The molecule has 2 aromatic heterocycles. The lowest BCUT2D eigenvalue weighted by atomic mass is 10.2. The number of aromatic amines is 1. The summed E-state index contributed by atoms with van der Waals surface area (Å²) in [7, 11) is 0. The maximum Gasteiger partial charge on any atom is 0.174 e. The molecule has 0 bridgehead atoms. The van der Waals surface area contributed by atoms with E-state index in [0.717, 1.165) is 34.9 Å². The molecule has 2 N–H and O–H groups in total. The summed E-state index contributed by atoms with van der Waals surface area (Å²) in [4.78, 5) is 7.85. The van der Waals surface area contributed by atoms with E-state index in [2.05, 4.69) is 33.5 Å². The van der Waals surface area contributed by atoms with E-state index in [1.54, 1.807) is 6.26 Å². The number of hydrogen-bond donors (Lipinski definition) is 2. The quantitative estimate of drug-likeness (QED) is 0.584. The number of furan rings is 1. The second-order valence-corrected chi connectivity index (χ2v) is 5.13. The van der Waals surface area contributed by atoms with Gasteiger partial charge in [0, 0.05) is 12.2 Å². The molecule has 4 nitrogen and oxygen atoms in total. The zero-order chi connectivity index (χ0) is 14.8. The lowest BCUT2D eigenvalue weighted by molar-refractivity contribution is 0.578. The number of anilines is 1. The molecule has 0 unspecified atom stereocenters. The van der Waals surface area contributed by atoms with Gasteiger partial charge in [0.25, 0.3) is 0 Å². The molecule has 0 aliphatic heterocycles. The molecule has 0 atom stereocenters. The van der Waals surface area contributed by atoms with E-state index < -0.39 is 0 Å². The number of nitrogens with one attached hydrogen (secondary N) is 2. The molecule has 2 heterocycles. The van der Waals surface area contributed by atoms with Gasteiger partial charge in [0.05, 0.1) is 17.3 Å². The normalized spacial score (nSPS) is 10.9. The van der Waals surface area contributed by atoms with E-state index in [1.807, 2.05) is 42.5 Å². The van der Waals surface area contributed by atoms with E-state index >= 15 is 0 Å². The Labute approximate surface area is 127 Å². The Morgan fingerprint density at radius 2 is 1.91 bits per heavy atom.